The predicted octanol–water partition coefficient (Wildman–Crippen LogP) is 0.0848. The molecule has 0 bridgehead atoms. The Balaban J connectivity index is 2.21. The molecule has 0 saturated carbocycles. The highest BCUT2D eigenvalue weighted by Gasteiger charge is 2.20. The molecule has 0 fully saturated rings. The summed E-state index contributed by atoms with van der Waals surface area (Å²) in [6, 6.07) is 0. The van der Waals surface area contributed by atoms with E-state index in [-0.39, 0.29) is 5.75 Å². The van der Waals surface area contributed by atoms with Crippen LogP contribution in [0.25, 0.3) is 0 Å². The van der Waals surface area contributed by atoms with Crippen LogP contribution < -0.4 is 5.73 Å². The van der Waals surface area contributed by atoms with E-state index in [0.717, 1.165) is 30.5 Å². The first-order chi connectivity index (χ1) is 7.98. The van der Waals surface area contributed by atoms with Gasteiger partial charge in [-0.25, -0.2) is 18.4 Å². The third kappa shape index (κ3) is 3.23. The molecule has 0 aromatic carbocycles. The SMILES string of the molecule is CS(=O)(=O)Cc1ncc2c(n1)CCC(CN)C2. The Kier molecular flexibility index (Phi) is 3.44. The van der Waals surface area contributed by atoms with Crippen molar-refractivity contribution in [3.63, 3.8) is 0 Å². The topological polar surface area (TPSA) is 85.9 Å². The lowest BCUT2D eigenvalue weighted by molar-refractivity contribution is 0.460. The Morgan fingerprint density at radius 1 is 1.53 bits per heavy atom. The van der Waals surface area contributed by atoms with Gasteiger partial charge in [0.05, 0.1) is 0 Å². The number of nitrogens with two attached hydrogens (primary N) is 1. The van der Waals surface area contributed by atoms with Crippen LogP contribution in [-0.2, 0) is 28.4 Å². The summed E-state index contributed by atoms with van der Waals surface area (Å²) in [4.78, 5) is 8.45. The van der Waals surface area contributed by atoms with Crippen LogP contribution in [0.1, 0.15) is 23.5 Å². The van der Waals surface area contributed by atoms with Crippen molar-refractivity contribution in [1.29, 1.82) is 0 Å². The minimum atomic E-state index is -3.06. The standard InChI is InChI=1S/C11H17N3O2S/c1-17(15,16)7-11-13-6-9-4-8(5-12)2-3-10(9)14-11/h6,8H,2-5,7,12H2,1H3. The number of rotatable bonds is 3. The van der Waals surface area contributed by atoms with E-state index in [1.165, 1.54) is 6.26 Å². The molecule has 5 nitrogen and oxygen atoms in total. The summed E-state index contributed by atoms with van der Waals surface area (Å²) in [5.41, 5.74) is 7.76. The van der Waals surface area contributed by atoms with Gasteiger partial charge in [-0.3, -0.25) is 0 Å². The molecule has 1 aromatic heterocycles. The van der Waals surface area contributed by atoms with Gasteiger partial charge in [-0.15, -0.1) is 0 Å². The molecule has 0 saturated heterocycles. The molecule has 0 aliphatic heterocycles. The Morgan fingerprint density at radius 2 is 2.29 bits per heavy atom. The van der Waals surface area contributed by atoms with E-state index in [1.807, 2.05) is 0 Å². The summed E-state index contributed by atoms with van der Waals surface area (Å²) in [7, 11) is -3.06. The largest absolute Gasteiger partial charge is 0.330 e. The van der Waals surface area contributed by atoms with Crippen LogP contribution in [0.5, 0.6) is 0 Å². The van der Waals surface area contributed by atoms with Gasteiger partial charge in [0.25, 0.3) is 0 Å². The third-order valence-corrected chi connectivity index (χ3v) is 3.81. The molecule has 1 unspecified atom stereocenters. The second-order valence-electron chi connectivity index (χ2n) is 4.67. The van der Waals surface area contributed by atoms with Crippen LogP contribution >= 0.6 is 0 Å². The van der Waals surface area contributed by atoms with Gasteiger partial charge in [0.1, 0.15) is 11.6 Å². The van der Waals surface area contributed by atoms with Gasteiger partial charge in [0.2, 0.25) is 0 Å². The molecule has 0 amide bonds. The first-order valence-electron chi connectivity index (χ1n) is 5.69. The van der Waals surface area contributed by atoms with Gasteiger partial charge in [-0.05, 0) is 37.3 Å². The molecule has 1 atom stereocenters. The Bertz CT molecular complexity index is 513. The third-order valence-electron chi connectivity index (χ3n) is 3.03. The maximum Gasteiger partial charge on any atom is 0.154 e. The molecule has 94 valence electrons. The fraction of sp³-hybridized carbons (Fsp3) is 0.636. The molecule has 2 rings (SSSR count). The average Bonchev–Trinajstić information content (AvgIpc) is 2.26. The summed E-state index contributed by atoms with van der Waals surface area (Å²) in [5, 5.41) is 0. The molecule has 2 N–H and O–H groups in total. The fourth-order valence-corrected chi connectivity index (χ4v) is 2.74. The van der Waals surface area contributed by atoms with Crippen LogP contribution in [0.2, 0.25) is 0 Å². The van der Waals surface area contributed by atoms with Crippen LogP contribution in [0.4, 0.5) is 0 Å². The van der Waals surface area contributed by atoms with Crippen molar-refractivity contribution in [1.82, 2.24) is 9.97 Å². The number of hydrogen-bond acceptors (Lipinski definition) is 5. The van der Waals surface area contributed by atoms with Crippen LogP contribution in [0.3, 0.4) is 0 Å². The zero-order valence-electron chi connectivity index (χ0n) is 9.89. The van der Waals surface area contributed by atoms with Gasteiger partial charge in [0, 0.05) is 18.1 Å². The quantitative estimate of drug-likeness (QED) is 0.827. The van der Waals surface area contributed by atoms with Crippen molar-refractivity contribution in [2.45, 2.75) is 25.0 Å². The van der Waals surface area contributed by atoms with Crippen molar-refractivity contribution in [2.75, 3.05) is 12.8 Å². The van der Waals surface area contributed by atoms with Crippen LogP contribution in [0.15, 0.2) is 6.20 Å². The molecular formula is C11H17N3O2S. The van der Waals surface area contributed by atoms with Gasteiger partial charge in [-0.1, -0.05) is 0 Å². The van der Waals surface area contributed by atoms with E-state index < -0.39 is 9.84 Å². The first-order valence-corrected chi connectivity index (χ1v) is 7.75. The number of sulfone groups is 1. The number of aromatic nitrogens is 2. The predicted molar refractivity (Wildman–Crippen MR) is 65.1 cm³/mol. The molecule has 1 aromatic rings. The molecular weight excluding hydrogens is 238 g/mol. The molecule has 1 aliphatic rings. The smallest absolute Gasteiger partial charge is 0.154 e. The van der Waals surface area contributed by atoms with Crippen molar-refractivity contribution >= 4 is 9.84 Å². The summed E-state index contributed by atoms with van der Waals surface area (Å²) in [6.45, 7) is 0.685. The Labute approximate surface area is 101 Å². The lowest BCUT2D eigenvalue weighted by Crippen LogP contribution is -2.23. The molecule has 6 heteroatoms. The lowest BCUT2D eigenvalue weighted by Gasteiger charge is -2.22. The minimum Gasteiger partial charge on any atom is -0.330 e. The number of aryl methyl sites for hydroxylation is 1. The highest BCUT2D eigenvalue weighted by molar-refractivity contribution is 7.89. The van der Waals surface area contributed by atoms with Crippen molar-refractivity contribution in [2.24, 2.45) is 11.7 Å². The highest BCUT2D eigenvalue weighted by atomic mass is 32.2. The van der Waals surface area contributed by atoms with E-state index in [0.29, 0.717) is 18.3 Å². The van der Waals surface area contributed by atoms with Crippen LogP contribution in [0, 0.1) is 5.92 Å². The molecule has 17 heavy (non-hydrogen) atoms. The van der Waals surface area contributed by atoms with E-state index in [1.54, 1.807) is 6.20 Å². The minimum absolute atomic E-state index is 0.0827. The maximum absolute atomic E-state index is 11.2. The second-order valence-corrected chi connectivity index (χ2v) is 6.81. The Hall–Kier alpha value is -1.01. The highest BCUT2D eigenvalue weighted by Crippen LogP contribution is 2.23. The van der Waals surface area contributed by atoms with Crippen LogP contribution in [-0.4, -0.2) is 31.2 Å². The Morgan fingerprint density at radius 3 is 2.94 bits per heavy atom. The van der Waals surface area contributed by atoms with Gasteiger partial charge in [-0.2, -0.15) is 0 Å². The summed E-state index contributed by atoms with van der Waals surface area (Å²) in [5.74, 6) is 0.824. The van der Waals surface area contributed by atoms with Gasteiger partial charge in [0.15, 0.2) is 9.84 Å². The van der Waals surface area contributed by atoms with E-state index >= 15 is 0 Å². The molecule has 1 aliphatic carbocycles. The number of hydrogen-bond donors (Lipinski definition) is 1. The second kappa shape index (κ2) is 4.70. The van der Waals surface area contributed by atoms with Crippen molar-refractivity contribution in [3.8, 4) is 0 Å². The fourth-order valence-electron chi connectivity index (χ4n) is 2.13. The van der Waals surface area contributed by atoms with E-state index in [9.17, 15) is 8.42 Å². The monoisotopic (exact) mass is 255 g/mol. The van der Waals surface area contributed by atoms with Crippen molar-refractivity contribution < 1.29 is 8.42 Å². The lowest BCUT2D eigenvalue weighted by atomic mass is 9.87. The summed E-state index contributed by atoms with van der Waals surface area (Å²) >= 11 is 0. The maximum atomic E-state index is 11.2. The summed E-state index contributed by atoms with van der Waals surface area (Å²) < 4.78 is 22.3. The van der Waals surface area contributed by atoms with Gasteiger partial charge < -0.3 is 5.73 Å². The zero-order chi connectivity index (χ0) is 12.5. The normalized spacial score (nSPS) is 20.0. The summed E-state index contributed by atoms with van der Waals surface area (Å²) in [6.07, 6.45) is 5.76. The average molecular weight is 255 g/mol. The first kappa shape index (κ1) is 12.4. The number of nitrogens with zero attached hydrogens (tertiary/aromatic N) is 2. The zero-order valence-corrected chi connectivity index (χ0v) is 10.7. The molecule has 0 spiro atoms. The van der Waals surface area contributed by atoms with E-state index in [2.05, 4.69) is 9.97 Å². The van der Waals surface area contributed by atoms with E-state index in [4.69, 9.17) is 5.73 Å². The van der Waals surface area contributed by atoms with Crippen molar-refractivity contribution in [3.05, 3.63) is 23.3 Å². The number of fused-ring (bicyclic) bond motifs is 1. The molecule has 0 radical (unpaired) electrons. The van der Waals surface area contributed by atoms with Gasteiger partial charge >= 0.3 is 0 Å². The molecule has 1 heterocycles.